The molecule has 1 heterocycles. The number of benzene rings is 1. The number of rotatable bonds is 3. The van der Waals surface area contributed by atoms with Crippen LogP contribution in [0.4, 0.5) is 5.69 Å². The minimum atomic E-state index is -0.983. The third-order valence-corrected chi connectivity index (χ3v) is 3.27. The van der Waals surface area contributed by atoms with Gasteiger partial charge in [0.25, 0.3) is 0 Å². The predicted octanol–water partition coefficient (Wildman–Crippen LogP) is 0.624. The van der Waals surface area contributed by atoms with Gasteiger partial charge in [-0.1, -0.05) is 25.1 Å². The first-order valence-electron chi connectivity index (χ1n) is 5.90. The van der Waals surface area contributed by atoms with Gasteiger partial charge in [0.15, 0.2) is 0 Å². The zero-order chi connectivity index (χ0) is 13.3. The number of fused-ring (bicyclic) bond motifs is 1. The Bertz CT molecular complexity index is 487. The fourth-order valence-electron chi connectivity index (χ4n) is 2.19. The van der Waals surface area contributed by atoms with E-state index in [1.807, 2.05) is 12.1 Å². The molecule has 0 saturated carbocycles. The Kier molecular flexibility index (Phi) is 3.34. The molecule has 3 N–H and O–H groups in total. The lowest BCUT2D eigenvalue weighted by molar-refractivity contribution is -0.140. The van der Waals surface area contributed by atoms with E-state index in [1.54, 1.807) is 19.1 Å². The Morgan fingerprint density at radius 2 is 2.17 bits per heavy atom. The van der Waals surface area contributed by atoms with Crippen LogP contribution in [0.5, 0.6) is 0 Å². The van der Waals surface area contributed by atoms with Crippen molar-refractivity contribution in [1.29, 1.82) is 0 Å². The van der Waals surface area contributed by atoms with Gasteiger partial charge in [0.1, 0.15) is 6.04 Å². The van der Waals surface area contributed by atoms with Crippen molar-refractivity contribution in [2.45, 2.75) is 19.4 Å². The predicted molar refractivity (Wildman–Crippen MR) is 67.3 cm³/mol. The van der Waals surface area contributed by atoms with E-state index < -0.39 is 12.0 Å². The normalized spacial score (nSPS) is 19.4. The smallest absolute Gasteiger partial charge is 0.327 e. The van der Waals surface area contributed by atoms with Gasteiger partial charge in [0.2, 0.25) is 5.91 Å². The maximum Gasteiger partial charge on any atom is 0.327 e. The van der Waals surface area contributed by atoms with E-state index in [0.29, 0.717) is 12.1 Å². The van der Waals surface area contributed by atoms with Crippen LogP contribution in [-0.4, -0.2) is 29.6 Å². The van der Waals surface area contributed by atoms with Crippen LogP contribution in [0, 0.1) is 5.92 Å². The van der Waals surface area contributed by atoms with Crippen molar-refractivity contribution in [1.82, 2.24) is 0 Å². The van der Waals surface area contributed by atoms with Gasteiger partial charge in [-0.05, 0) is 11.6 Å². The number of carboxylic acid groups (broad SMARTS) is 1. The van der Waals surface area contributed by atoms with Crippen LogP contribution >= 0.6 is 0 Å². The van der Waals surface area contributed by atoms with Gasteiger partial charge in [0.05, 0.1) is 0 Å². The first kappa shape index (κ1) is 12.6. The molecule has 5 heteroatoms. The van der Waals surface area contributed by atoms with Crippen molar-refractivity contribution in [3.8, 4) is 0 Å². The molecule has 1 aromatic carbocycles. The monoisotopic (exact) mass is 248 g/mol. The zero-order valence-corrected chi connectivity index (χ0v) is 10.2. The first-order valence-corrected chi connectivity index (χ1v) is 5.90. The van der Waals surface area contributed by atoms with Crippen molar-refractivity contribution in [3.05, 3.63) is 29.8 Å². The average Bonchev–Trinajstić information content (AvgIpc) is 2.76. The maximum absolute atomic E-state index is 12.2. The van der Waals surface area contributed by atoms with Gasteiger partial charge in [-0.15, -0.1) is 0 Å². The molecular weight excluding hydrogens is 232 g/mol. The fraction of sp³-hybridized carbons (Fsp3) is 0.385. The summed E-state index contributed by atoms with van der Waals surface area (Å²) in [5, 5.41) is 9.23. The fourth-order valence-corrected chi connectivity index (χ4v) is 2.19. The van der Waals surface area contributed by atoms with E-state index in [9.17, 15) is 14.7 Å². The topological polar surface area (TPSA) is 83.6 Å². The van der Waals surface area contributed by atoms with Crippen molar-refractivity contribution in [2.24, 2.45) is 11.7 Å². The number of carbonyl (C=O) groups excluding carboxylic acids is 1. The highest BCUT2D eigenvalue weighted by Gasteiger charge is 2.39. The molecule has 1 unspecified atom stereocenters. The molecule has 0 aromatic heterocycles. The standard InChI is InChI=1S/C13H16N2O3/c1-8(7-14)12(16)15-10-5-3-2-4-9(10)6-11(15)13(17)18/h2-5,8,11H,6-7,14H2,1H3,(H,17,18)/t8?,11-/m0/s1. The van der Waals surface area contributed by atoms with Crippen LogP contribution < -0.4 is 10.6 Å². The number of hydrogen-bond acceptors (Lipinski definition) is 3. The van der Waals surface area contributed by atoms with E-state index in [1.165, 1.54) is 4.90 Å². The number of carboxylic acids is 1. The van der Waals surface area contributed by atoms with Gasteiger partial charge in [0, 0.05) is 24.6 Å². The van der Waals surface area contributed by atoms with E-state index in [0.717, 1.165) is 5.56 Å². The van der Waals surface area contributed by atoms with E-state index >= 15 is 0 Å². The van der Waals surface area contributed by atoms with Crippen molar-refractivity contribution in [3.63, 3.8) is 0 Å². The second kappa shape index (κ2) is 4.78. The zero-order valence-electron chi connectivity index (χ0n) is 10.2. The number of amides is 1. The summed E-state index contributed by atoms with van der Waals surface area (Å²) in [6.07, 6.45) is 0.356. The lowest BCUT2D eigenvalue weighted by Crippen LogP contribution is -2.46. The van der Waals surface area contributed by atoms with Crippen LogP contribution in [0.3, 0.4) is 0 Å². The SMILES string of the molecule is CC(CN)C(=O)N1c2ccccc2C[C@H]1C(=O)O. The molecular formula is C13H16N2O3. The highest BCUT2D eigenvalue weighted by atomic mass is 16.4. The highest BCUT2D eigenvalue weighted by Crippen LogP contribution is 2.33. The first-order chi connectivity index (χ1) is 8.56. The van der Waals surface area contributed by atoms with Gasteiger partial charge in [-0.3, -0.25) is 9.69 Å². The van der Waals surface area contributed by atoms with Gasteiger partial charge < -0.3 is 10.8 Å². The molecule has 2 atom stereocenters. The number of nitrogens with zero attached hydrogens (tertiary/aromatic N) is 1. The van der Waals surface area contributed by atoms with Crippen LogP contribution in [0.1, 0.15) is 12.5 Å². The molecule has 5 nitrogen and oxygen atoms in total. The number of nitrogens with two attached hydrogens (primary N) is 1. The van der Waals surface area contributed by atoms with Crippen molar-refractivity contribution < 1.29 is 14.7 Å². The second-order valence-electron chi connectivity index (χ2n) is 4.53. The van der Waals surface area contributed by atoms with Gasteiger partial charge >= 0.3 is 5.97 Å². The Balaban J connectivity index is 2.40. The number of anilines is 1. The highest BCUT2D eigenvalue weighted by molar-refractivity contribution is 6.02. The van der Waals surface area contributed by atoms with E-state index in [-0.39, 0.29) is 18.4 Å². The third kappa shape index (κ3) is 1.97. The molecule has 0 spiro atoms. The minimum Gasteiger partial charge on any atom is -0.480 e. The number of para-hydroxylation sites is 1. The summed E-state index contributed by atoms with van der Waals surface area (Å²) in [6.45, 7) is 1.92. The maximum atomic E-state index is 12.2. The molecule has 96 valence electrons. The number of carbonyl (C=O) groups is 2. The molecule has 2 rings (SSSR count). The van der Waals surface area contributed by atoms with Crippen LogP contribution in [-0.2, 0) is 16.0 Å². The lowest BCUT2D eigenvalue weighted by atomic mass is 10.1. The molecule has 0 saturated heterocycles. The summed E-state index contributed by atoms with van der Waals surface area (Å²) in [5.74, 6) is -1.59. The number of hydrogen-bond donors (Lipinski definition) is 2. The Morgan fingerprint density at radius 1 is 1.50 bits per heavy atom. The molecule has 0 bridgehead atoms. The van der Waals surface area contributed by atoms with Crippen molar-refractivity contribution in [2.75, 3.05) is 11.4 Å². The van der Waals surface area contributed by atoms with E-state index in [4.69, 9.17) is 5.73 Å². The lowest BCUT2D eigenvalue weighted by Gasteiger charge is -2.25. The van der Waals surface area contributed by atoms with Crippen LogP contribution in [0.25, 0.3) is 0 Å². The molecule has 0 aliphatic carbocycles. The summed E-state index contributed by atoms with van der Waals surface area (Å²) in [4.78, 5) is 24.9. The molecule has 1 aromatic rings. The Hall–Kier alpha value is -1.88. The minimum absolute atomic E-state index is 0.212. The quantitative estimate of drug-likeness (QED) is 0.821. The Labute approximate surface area is 105 Å². The average molecular weight is 248 g/mol. The summed E-state index contributed by atoms with van der Waals surface area (Å²) < 4.78 is 0. The summed E-state index contributed by atoms with van der Waals surface area (Å²) in [5.41, 5.74) is 7.07. The van der Waals surface area contributed by atoms with E-state index in [2.05, 4.69) is 0 Å². The second-order valence-corrected chi connectivity index (χ2v) is 4.53. The molecule has 18 heavy (non-hydrogen) atoms. The third-order valence-electron chi connectivity index (χ3n) is 3.27. The summed E-state index contributed by atoms with van der Waals surface area (Å²) >= 11 is 0. The van der Waals surface area contributed by atoms with Crippen LogP contribution in [0.15, 0.2) is 24.3 Å². The number of aliphatic carboxylic acids is 1. The van der Waals surface area contributed by atoms with Crippen LogP contribution in [0.2, 0.25) is 0 Å². The Morgan fingerprint density at radius 3 is 2.78 bits per heavy atom. The summed E-state index contributed by atoms with van der Waals surface area (Å²) in [6, 6.07) is 6.46. The molecule has 0 radical (unpaired) electrons. The molecule has 1 aliphatic heterocycles. The molecule has 0 fully saturated rings. The summed E-state index contributed by atoms with van der Waals surface area (Å²) in [7, 11) is 0. The molecule has 1 aliphatic rings. The molecule has 1 amide bonds. The van der Waals surface area contributed by atoms with Gasteiger partial charge in [-0.2, -0.15) is 0 Å². The van der Waals surface area contributed by atoms with Gasteiger partial charge in [-0.25, -0.2) is 4.79 Å². The van der Waals surface area contributed by atoms with Crippen molar-refractivity contribution >= 4 is 17.6 Å². The largest absolute Gasteiger partial charge is 0.480 e.